The smallest absolute Gasteiger partial charge is 0.0522 e. The van der Waals surface area contributed by atoms with Crippen LogP contribution in [0.3, 0.4) is 0 Å². The van der Waals surface area contributed by atoms with E-state index in [1.165, 1.54) is 32.1 Å². The van der Waals surface area contributed by atoms with E-state index in [-0.39, 0.29) is 0 Å². The molecule has 2 nitrogen and oxygen atoms in total. The largest absolute Gasteiger partial charge is 0.384 e. The van der Waals surface area contributed by atoms with Gasteiger partial charge in [0, 0.05) is 13.7 Å². The Morgan fingerprint density at radius 1 is 1.38 bits per heavy atom. The van der Waals surface area contributed by atoms with Crippen LogP contribution in [0.4, 0.5) is 0 Å². The van der Waals surface area contributed by atoms with Gasteiger partial charge in [-0.3, -0.25) is 0 Å². The Kier molecular flexibility index (Phi) is 6.74. The molecule has 0 aromatic carbocycles. The third kappa shape index (κ3) is 4.67. The van der Waals surface area contributed by atoms with Gasteiger partial charge in [-0.15, -0.1) is 0 Å². The quantitative estimate of drug-likeness (QED) is 0.702. The van der Waals surface area contributed by atoms with Crippen LogP contribution < -0.4 is 5.32 Å². The lowest BCUT2D eigenvalue weighted by Crippen LogP contribution is -2.20. The maximum Gasteiger partial charge on any atom is 0.0522 e. The van der Waals surface area contributed by atoms with Gasteiger partial charge in [0.1, 0.15) is 0 Å². The summed E-state index contributed by atoms with van der Waals surface area (Å²) in [4.78, 5) is 0. The second-order valence-corrected chi connectivity index (χ2v) is 5.04. The summed E-state index contributed by atoms with van der Waals surface area (Å²) in [6, 6.07) is 0. The first kappa shape index (κ1) is 13.7. The molecule has 0 spiro atoms. The van der Waals surface area contributed by atoms with Crippen LogP contribution in [0.15, 0.2) is 11.6 Å². The molecule has 1 aliphatic rings. The Labute approximate surface area is 100 Å². The van der Waals surface area contributed by atoms with Gasteiger partial charge in [0.15, 0.2) is 0 Å². The first-order valence-corrected chi connectivity index (χ1v) is 6.62. The van der Waals surface area contributed by atoms with E-state index in [4.69, 9.17) is 4.74 Å². The van der Waals surface area contributed by atoms with Gasteiger partial charge in [0.25, 0.3) is 0 Å². The van der Waals surface area contributed by atoms with Crippen molar-refractivity contribution in [2.45, 2.75) is 39.0 Å². The minimum absolute atomic E-state index is 0.537. The third-order valence-electron chi connectivity index (χ3n) is 3.44. The molecule has 1 N–H and O–H groups in total. The maximum absolute atomic E-state index is 5.20. The number of hydrogen-bond acceptors (Lipinski definition) is 2. The van der Waals surface area contributed by atoms with Crippen LogP contribution in [-0.4, -0.2) is 27.3 Å². The van der Waals surface area contributed by atoms with Gasteiger partial charge >= 0.3 is 0 Å². The molecule has 2 heteroatoms. The van der Waals surface area contributed by atoms with Crippen molar-refractivity contribution in [3.05, 3.63) is 11.6 Å². The Balaban J connectivity index is 2.56. The fraction of sp³-hybridized carbons (Fsp3) is 0.857. The second-order valence-electron chi connectivity index (χ2n) is 5.04. The Morgan fingerprint density at radius 3 is 2.62 bits per heavy atom. The highest BCUT2D eigenvalue weighted by atomic mass is 16.5. The first-order chi connectivity index (χ1) is 7.77. The molecule has 0 radical (unpaired) electrons. The van der Waals surface area contributed by atoms with Crippen molar-refractivity contribution in [2.75, 3.05) is 27.3 Å². The molecule has 1 rings (SSSR count). The highest BCUT2D eigenvalue weighted by molar-refractivity contribution is 5.11. The average molecular weight is 225 g/mol. The van der Waals surface area contributed by atoms with Gasteiger partial charge in [0.05, 0.1) is 6.61 Å². The van der Waals surface area contributed by atoms with E-state index in [2.05, 4.69) is 18.3 Å². The highest BCUT2D eigenvalue weighted by Crippen LogP contribution is 2.30. The van der Waals surface area contributed by atoms with Crippen LogP contribution in [0.2, 0.25) is 0 Å². The molecule has 0 aromatic heterocycles. The molecule has 1 saturated carbocycles. The molecule has 1 atom stereocenters. The third-order valence-corrected chi connectivity index (χ3v) is 3.44. The molecule has 1 aliphatic carbocycles. The number of rotatable bonds is 6. The standard InChI is InChI=1S/C14H27NO/c1-12(11-16-3)9-14(10-15-2)13-7-5-4-6-8-13/h9,12-13,15H,4-8,10-11H2,1-3H3. The van der Waals surface area contributed by atoms with Gasteiger partial charge < -0.3 is 10.1 Å². The normalized spacial score (nSPS) is 21.1. The average Bonchev–Trinajstić information content (AvgIpc) is 2.30. The van der Waals surface area contributed by atoms with E-state index in [1.54, 1.807) is 12.7 Å². The topological polar surface area (TPSA) is 21.3 Å². The maximum atomic E-state index is 5.20. The summed E-state index contributed by atoms with van der Waals surface area (Å²) in [7, 11) is 3.82. The number of likely N-dealkylation sites (N-methyl/N-ethyl adjacent to an activating group) is 1. The summed E-state index contributed by atoms with van der Waals surface area (Å²) < 4.78 is 5.20. The van der Waals surface area contributed by atoms with Crippen molar-refractivity contribution in [3.63, 3.8) is 0 Å². The molecular formula is C14H27NO. The molecular weight excluding hydrogens is 198 g/mol. The zero-order valence-corrected chi connectivity index (χ0v) is 11.1. The van der Waals surface area contributed by atoms with Crippen LogP contribution in [0, 0.1) is 11.8 Å². The minimum atomic E-state index is 0.537. The van der Waals surface area contributed by atoms with E-state index in [0.29, 0.717) is 5.92 Å². The zero-order valence-electron chi connectivity index (χ0n) is 11.1. The lowest BCUT2D eigenvalue weighted by molar-refractivity contribution is 0.175. The van der Waals surface area contributed by atoms with Gasteiger partial charge in [-0.1, -0.05) is 37.8 Å². The molecule has 0 heterocycles. The van der Waals surface area contributed by atoms with Crippen LogP contribution in [0.25, 0.3) is 0 Å². The fourth-order valence-electron chi connectivity index (χ4n) is 2.69. The van der Waals surface area contributed by atoms with E-state index in [9.17, 15) is 0 Å². The molecule has 1 unspecified atom stereocenters. The van der Waals surface area contributed by atoms with E-state index in [0.717, 1.165) is 19.1 Å². The van der Waals surface area contributed by atoms with E-state index in [1.807, 2.05) is 7.05 Å². The summed E-state index contributed by atoms with van der Waals surface area (Å²) in [6.07, 6.45) is 9.43. The molecule has 16 heavy (non-hydrogen) atoms. The monoisotopic (exact) mass is 225 g/mol. The van der Waals surface area contributed by atoms with E-state index >= 15 is 0 Å². The van der Waals surface area contributed by atoms with Crippen molar-refractivity contribution in [1.82, 2.24) is 5.32 Å². The molecule has 0 aromatic rings. The number of ether oxygens (including phenoxy) is 1. The molecule has 0 aliphatic heterocycles. The second kappa shape index (κ2) is 7.86. The SMILES string of the molecule is CNCC(=CC(C)COC)C1CCCCC1. The van der Waals surface area contributed by atoms with Crippen molar-refractivity contribution in [1.29, 1.82) is 0 Å². The number of hydrogen-bond donors (Lipinski definition) is 1. The zero-order chi connectivity index (χ0) is 11.8. The predicted molar refractivity (Wildman–Crippen MR) is 69.6 cm³/mol. The molecule has 0 bridgehead atoms. The van der Waals surface area contributed by atoms with Gasteiger partial charge in [-0.05, 0) is 31.7 Å². The summed E-state index contributed by atoms with van der Waals surface area (Å²) in [5, 5.41) is 3.30. The molecule has 1 fully saturated rings. The van der Waals surface area contributed by atoms with Crippen molar-refractivity contribution in [2.24, 2.45) is 11.8 Å². The lowest BCUT2D eigenvalue weighted by Gasteiger charge is -2.25. The summed E-state index contributed by atoms with van der Waals surface area (Å²) >= 11 is 0. The van der Waals surface area contributed by atoms with Crippen molar-refractivity contribution < 1.29 is 4.74 Å². The number of nitrogens with one attached hydrogen (secondary N) is 1. The van der Waals surface area contributed by atoms with Gasteiger partial charge in [-0.2, -0.15) is 0 Å². The molecule has 94 valence electrons. The van der Waals surface area contributed by atoms with E-state index < -0.39 is 0 Å². The minimum Gasteiger partial charge on any atom is -0.384 e. The fourth-order valence-corrected chi connectivity index (χ4v) is 2.69. The molecule has 0 amide bonds. The lowest BCUT2D eigenvalue weighted by atomic mass is 9.82. The summed E-state index contributed by atoms with van der Waals surface area (Å²) in [5.41, 5.74) is 1.60. The Morgan fingerprint density at radius 2 is 2.06 bits per heavy atom. The van der Waals surface area contributed by atoms with Gasteiger partial charge in [-0.25, -0.2) is 0 Å². The van der Waals surface area contributed by atoms with Crippen LogP contribution in [0.1, 0.15) is 39.0 Å². The predicted octanol–water partition coefficient (Wildman–Crippen LogP) is 3.00. The first-order valence-electron chi connectivity index (χ1n) is 6.62. The van der Waals surface area contributed by atoms with Crippen molar-refractivity contribution in [3.8, 4) is 0 Å². The summed E-state index contributed by atoms with van der Waals surface area (Å²) in [6.45, 7) is 4.11. The Bertz CT molecular complexity index is 207. The highest BCUT2D eigenvalue weighted by Gasteiger charge is 2.17. The van der Waals surface area contributed by atoms with Crippen LogP contribution in [0.5, 0.6) is 0 Å². The van der Waals surface area contributed by atoms with Crippen LogP contribution >= 0.6 is 0 Å². The summed E-state index contributed by atoms with van der Waals surface area (Å²) in [5.74, 6) is 1.36. The van der Waals surface area contributed by atoms with Crippen molar-refractivity contribution >= 4 is 0 Å². The molecule has 0 saturated heterocycles. The Hall–Kier alpha value is -0.340. The van der Waals surface area contributed by atoms with Crippen LogP contribution in [-0.2, 0) is 4.74 Å². The van der Waals surface area contributed by atoms with Gasteiger partial charge in [0.2, 0.25) is 0 Å². The number of methoxy groups -OCH3 is 1.